The van der Waals surface area contributed by atoms with Crippen LogP contribution >= 0.6 is 15.9 Å². The molecule has 1 aliphatic rings. The van der Waals surface area contributed by atoms with Gasteiger partial charge in [-0.1, -0.05) is 0 Å². The van der Waals surface area contributed by atoms with Gasteiger partial charge in [-0.3, -0.25) is 0 Å². The maximum absolute atomic E-state index is 14.3. The van der Waals surface area contributed by atoms with E-state index in [1.54, 1.807) is 7.11 Å². The zero-order valence-corrected chi connectivity index (χ0v) is 12.4. The van der Waals surface area contributed by atoms with Crippen LogP contribution in [0.2, 0.25) is 0 Å². The molecule has 1 aliphatic heterocycles. The van der Waals surface area contributed by atoms with Gasteiger partial charge in [-0.25, -0.2) is 4.39 Å². The van der Waals surface area contributed by atoms with Crippen molar-refractivity contribution in [3.8, 4) is 11.5 Å². The molecule has 1 heterocycles. The molecule has 1 fully saturated rings. The maximum atomic E-state index is 14.3. The first-order chi connectivity index (χ1) is 8.53. The van der Waals surface area contributed by atoms with Crippen LogP contribution in [0, 0.1) is 5.82 Å². The van der Waals surface area contributed by atoms with E-state index in [4.69, 9.17) is 9.47 Å². The molecule has 18 heavy (non-hydrogen) atoms. The minimum Gasteiger partial charge on any atom is -0.492 e. The van der Waals surface area contributed by atoms with E-state index >= 15 is 0 Å². The minimum absolute atomic E-state index is 0.281. The van der Waals surface area contributed by atoms with Crippen molar-refractivity contribution in [3.63, 3.8) is 0 Å². The van der Waals surface area contributed by atoms with Crippen molar-refractivity contribution >= 4 is 15.9 Å². The van der Waals surface area contributed by atoms with Gasteiger partial charge in [0.25, 0.3) is 0 Å². The number of methoxy groups -OCH3 is 2. The lowest BCUT2D eigenvalue weighted by Gasteiger charge is -2.28. The molecule has 0 spiro atoms. The third kappa shape index (κ3) is 2.10. The summed E-state index contributed by atoms with van der Waals surface area (Å²) in [5, 5.41) is 3.34. The predicted octanol–water partition coefficient (Wildman–Crippen LogP) is 3.20. The summed E-state index contributed by atoms with van der Waals surface area (Å²) in [4.78, 5) is 0. The molecule has 5 heteroatoms. The van der Waals surface area contributed by atoms with Gasteiger partial charge in [0.1, 0.15) is 5.82 Å². The quantitative estimate of drug-likeness (QED) is 0.928. The third-order valence-corrected chi connectivity index (χ3v) is 4.06. The van der Waals surface area contributed by atoms with E-state index in [0.29, 0.717) is 21.5 Å². The highest BCUT2D eigenvalue weighted by molar-refractivity contribution is 9.10. The summed E-state index contributed by atoms with van der Waals surface area (Å²) >= 11 is 3.29. The number of rotatable bonds is 3. The summed E-state index contributed by atoms with van der Waals surface area (Å²) in [7, 11) is 3.08. The van der Waals surface area contributed by atoms with Crippen LogP contribution < -0.4 is 14.8 Å². The first-order valence-corrected chi connectivity index (χ1v) is 6.68. The van der Waals surface area contributed by atoms with Crippen LogP contribution in [0.4, 0.5) is 4.39 Å². The van der Waals surface area contributed by atoms with Crippen LogP contribution in [-0.4, -0.2) is 20.8 Å². The molecule has 1 unspecified atom stereocenters. The molecule has 0 amide bonds. The second-order valence-electron chi connectivity index (χ2n) is 4.64. The molecule has 1 aromatic carbocycles. The number of nitrogens with one attached hydrogen (secondary N) is 1. The highest BCUT2D eigenvalue weighted by Gasteiger charge is 2.37. The van der Waals surface area contributed by atoms with Crippen molar-refractivity contribution in [2.75, 3.05) is 20.8 Å². The van der Waals surface area contributed by atoms with E-state index in [9.17, 15) is 4.39 Å². The number of hydrogen-bond acceptors (Lipinski definition) is 3. The highest BCUT2D eigenvalue weighted by atomic mass is 79.9. The Morgan fingerprint density at radius 1 is 1.33 bits per heavy atom. The monoisotopic (exact) mass is 317 g/mol. The van der Waals surface area contributed by atoms with Gasteiger partial charge in [-0.15, -0.1) is 0 Å². The molecule has 0 saturated carbocycles. The van der Waals surface area contributed by atoms with E-state index in [1.807, 2.05) is 6.92 Å². The number of ether oxygens (including phenoxy) is 2. The van der Waals surface area contributed by atoms with Crippen LogP contribution in [-0.2, 0) is 5.54 Å². The maximum Gasteiger partial charge on any atom is 0.175 e. The molecular weight excluding hydrogens is 301 g/mol. The van der Waals surface area contributed by atoms with Crippen molar-refractivity contribution in [2.45, 2.75) is 25.3 Å². The Hall–Kier alpha value is -0.810. The molecule has 100 valence electrons. The van der Waals surface area contributed by atoms with Gasteiger partial charge >= 0.3 is 0 Å². The summed E-state index contributed by atoms with van der Waals surface area (Å²) in [5.74, 6) is 0.710. The number of hydrogen-bond donors (Lipinski definition) is 1. The topological polar surface area (TPSA) is 30.5 Å². The smallest absolute Gasteiger partial charge is 0.175 e. The summed E-state index contributed by atoms with van der Waals surface area (Å²) in [5.41, 5.74) is 0.145. The molecular formula is C13H17BrFNO2. The minimum atomic E-state index is -0.399. The van der Waals surface area contributed by atoms with Crippen molar-refractivity contribution in [2.24, 2.45) is 0 Å². The first-order valence-electron chi connectivity index (χ1n) is 5.89. The van der Waals surface area contributed by atoms with Crippen molar-refractivity contribution in [1.82, 2.24) is 5.32 Å². The summed E-state index contributed by atoms with van der Waals surface area (Å²) in [6.07, 6.45) is 1.91. The number of halogens is 2. The van der Waals surface area contributed by atoms with Crippen LogP contribution in [0.15, 0.2) is 10.5 Å². The van der Waals surface area contributed by atoms with Gasteiger partial charge < -0.3 is 14.8 Å². The molecule has 3 nitrogen and oxygen atoms in total. The van der Waals surface area contributed by atoms with Gasteiger partial charge in [-0.05, 0) is 48.3 Å². The Morgan fingerprint density at radius 2 is 2.00 bits per heavy atom. The fourth-order valence-corrected chi connectivity index (χ4v) is 3.13. The van der Waals surface area contributed by atoms with E-state index in [1.165, 1.54) is 13.2 Å². The Morgan fingerprint density at radius 3 is 2.50 bits per heavy atom. The van der Waals surface area contributed by atoms with Crippen LogP contribution in [0.1, 0.15) is 25.3 Å². The lowest BCUT2D eigenvalue weighted by molar-refractivity contribution is 0.323. The molecule has 0 bridgehead atoms. The van der Waals surface area contributed by atoms with Crippen molar-refractivity contribution in [1.29, 1.82) is 0 Å². The Labute approximate surface area is 115 Å². The normalized spacial score (nSPS) is 23.2. The predicted molar refractivity (Wildman–Crippen MR) is 71.8 cm³/mol. The molecule has 1 aromatic rings. The average Bonchev–Trinajstić information content (AvgIpc) is 2.75. The fourth-order valence-electron chi connectivity index (χ4n) is 2.59. The van der Waals surface area contributed by atoms with E-state index in [-0.39, 0.29) is 5.82 Å². The second-order valence-corrected chi connectivity index (χ2v) is 5.50. The van der Waals surface area contributed by atoms with Crippen LogP contribution in [0.5, 0.6) is 11.5 Å². The van der Waals surface area contributed by atoms with E-state index in [0.717, 1.165) is 19.4 Å². The molecule has 0 aromatic heterocycles. The fraction of sp³-hybridized carbons (Fsp3) is 0.538. The SMILES string of the molecule is COc1c(Br)cc(F)c(C2(C)CCCN2)c1OC. The Kier molecular flexibility index (Phi) is 3.82. The zero-order chi connectivity index (χ0) is 13.3. The third-order valence-electron chi connectivity index (χ3n) is 3.47. The standard InChI is InChI=1S/C13H17BrFNO2/c1-13(5-4-6-16-13)10-9(15)7-8(14)11(17-2)12(10)18-3/h7,16H,4-6H2,1-3H3. The molecule has 2 rings (SSSR count). The van der Waals surface area contributed by atoms with Gasteiger partial charge in [0.15, 0.2) is 11.5 Å². The molecule has 1 N–H and O–H groups in total. The molecule has 1 atom stereocenters. The average molecular weight is 318 g/mol. The largest absolute Gasteiger partial charge is 0.492 e. The van der Waals surface area contributed by atoms with Crippen molar-refractivity contribution in [3.05, 3.63) is 21.9 Å². The first kappa shape index (κ1) is 13.6. The Balaban J connectivity index is 2.65. The zero-order valence-electron chi connectivity index (χ0n) is 10.8. The van der Waals surface area contributed by atoms with Gasteiger partial charge in [0.05, 0.1) is 24.3 Å². The summed E-state index contributed by atoms with van der Waals surface area (Å²) in [6, 6.07) is 1.43. The van der Waals surface area contributed by atoms with E-state index < -0.39 is 5.54 Å². The van der Waals surface area contributed by atoms with Gasteiger partial charge in [-0.2, -0.15) is 0 Å². The van der Waals surface area contributed by atoms with Crippen LogP contribution in [0.25, 0.3) is 0 Å². The van der Waals surface area contributed by atoms with Crippen molar-refractivity contribution < 1.29 is 13.9 Å². The highest BCUT2D eigenvalue weighted by Crippen LogP contribution is 2.46. The lowest BCUT2D eigenvalue weighted by Crippen LogP contribution is -2.34. The molecule has 1 saturated heterocycles. The van der Waals surface area contributed by atoms with Gasteiger partial charge in [0.2, 0.25) is 0 Å². The summed E-state index contributed by atoms with van der Waals surface area (Å²) < 4.78 is 25.5. The Bertz CT molecular complexity index is 459. The summed E-state index contributed by atoms with van der Waals surface area (Å²) in [6.45, 7) is 2.88. The van der Waals surface area contributed by atoms with Gasteiger partial charge in [0, 0.05) is 5.54 Å². The van der Waals surface area contributed by atoms with Crippen LogP contribution in [0.3, 0.4) is 0 Å². The second kappa shape index (κ2) is 5.05. The molecule has 0 aliphatic carbocycles. The lowest BCUT2D eigenvalue weighted by atomic mass is 9.89. The molecule has 0 radical (unpaired) electrons. The number of benzene rings is 1. The van der Waals surface area contributed by atoms with E-state index in [2.05, 4.69) is 21.2 Å².